The normalized spacial score (nSPS) is 24.9. The van der Waals surface area contributed by atoms with Gasteiger partial charge in [0.15, 0.2) is 0 Å². The Morgan fingerprint density at radius 1 is 1.03 bits per heavy atom. The number of carbonyl (C=O) groups is 2. The molecule has 8 heteroatoms. The fourth-order valence-electron chi connectivity index (χ4n) is 6.11. The number of piperazine rings is 1. The lowest BCUT2D eigenvalue weighted by Crippen LogP contribution is -2.53. The summed E-state index contributed by atoms with van der Waals surface area (Å²) in [5.41, 5.74) is 3.08. The number of urea groups is 1. The van der Waals surface area contributed by atoms with E-state index in [1.807, 2.05) is 60.4 Å². The molecule has 0 unspecified atom stereocenters. The maximum absolute atomic E-state index is 14.0. The van der Waals surface area contributed by atoms with Gasteiger partial charge in [-0.15, -0.1) is 0 Å². The number of fused-ring (bicyclic) bond motifs is 4. The zero-order chi connectivity index (χ0) is 25.0. The standard InChI is InChI=1S/C28H33N5O3/c1-28-18-22-21-17-20(36-3)9-10-23(21)29-24(22)25(19-7-5-4-6-8-19)33(28)27(35)32(26(28)34)16-15-31-13-11-30(2)12-14-31/h4-10,17,25,29H,11-16,18H2,1-3H3/t25-,28+/m1/s1. The van der Waals surface area contributed by atoms with E-state index in [2.05, 4.69) is 21.8 Å². The Hall–Kier alpha value is -3.36. The molecular weight excluding hydrogens is 454 g/mol. The van der Waals surface area contributed by atoms with Crippen LogP contribution in [0, 0.1) is 0 Å². The molecule has 0 spiro atoms. The van der Waals surface area contributed by atoms with Gasteiger partial charge < -0.3 is 14.6 Å². The van der Waals surface area contributed by atoms with E-state index >= 15 is 0 Å². The van der Waals surface area contributed by atoms with Crippen LogP contribution in [0.2, 0.25) is 0 Å². The molecule has 3 aromatic rings. The van der Waals surface area contributed by atoms with Gasteiger partial charge >= 0.3 is 6.03 Å². The smallest absolute Gasteiger partial charge is 0.328 e. The molecule has 1 N–H and O–H groups in total. The number of benzene rings is 2. The second-order valence-electron chi connectivity index (χ2n) is 10.4. The van der Waals surface area contributed by atoms with Crippen molar-refractivity contribution in [3.63, 3.8) is 0 Å². The van der Waals surface area contributed by atoms with Gasteiger partial charge in [-0.1, -0.05) is 30.3 Å². The summed E-state index contributed by atoms with van der Waals surface area (Å²) in [6.45, 7) is 6.98. The first-order valence-corrected chi connectivity index (χ1v) is 12.7. The second kappa shape index (κ2) is 8.64. The molecule has 2 fully saturated rings. The third-order valence-electron chi connectivity index (χ3n) is 8.22. The van der Waals surface area contributed by atoms with Gasteiger partial charge in [-0.3, -0.25) is 19.5 Å². The molecule has 4 heterocycles. The monoisotopic (exact) mass is 487 g/mol. The van der Waals surface area contributed by atoms with Gasteiger partial charge in [-0.05, 0) is 43.3 Å². The Kier molecular flexibility index (Phi) is 5.53. The summed E-state index contributed by atoms with van der Waals surface area (Å²) >= 11 is 0. The molecule has 3 aliphatic heterocycles. The van der Waals surface area contributed by atoms with Crippen molar-refractivity contribution in [3.8, 4) is 5.75 Å². The molecule has 6 rings (SSSR count). The summed E-state index contributed by atoms with van der Waals surface area (Å²) in [4.78, 5) is 39.5. The number of nitrogens with one attached hydrogen (secondary N) is 1. The third-order valence-corrected chi connectivity index (χ3v) is 8.22. The topological polar surface area (TPSA) is 72.1 Å². The fourth-order valence-corrected chi connectivity index (χ4v) is 6.11. The van der Waals surface area contributed by atoms with Crippen LogP contribution in [0.3, 0.4) is 0 Å². The van der Waals surface area contributed by atoms with Gasteiger partial charge in [0.1, 0.15) is 17.3 Å². The number of aromatic amines is 1. The maximum atomic E-state index is 14.0. The Bertz CT molecular complexity index is 1310. The van der Waals surface area contributed by atoms with Crippen LogP contribution in [-0.2, 0) is 11.2 Å². The Morgan fingerprint density at radius 3 is 2.50 bits per heavy atom. The summed E-state index contributed by atoms with van der Waals surface area (Å²) in [6.07, 6.45) is 0.467. The number of carbonyl (C=O) groups excluding carboxylic acids is 2. The van der Waals surface area contributed by atoms with Crippen LogP contribution in [0.4, 0.5) is 4.79 Å². The van der Waals surface area contributed by atoms with E-state index in [1.54, 1.807) is 7.11 Å². The van der Waals surface area contributed by atoms with Crippen molar-refractivity contribution in [2.75, 3.05) is 53.4 Å². The highest BCUT2D eigenvalue weighted by atomic mass is 16.5. The highest BCUT2D eigenvalue weighted by Crippen LogP contribution is 2.48. The quantitative estimate of drug-likeness (QED) is 0.560. The highest BCUT2D eigenvalue weighted by molar-refractivity contribution is 6.08. The molecule has 2 atom stereocenters. The number of H-pyrrole nitrogens is 1. The van der Waals surface area contributed by atoms with E-state index < -0.39 is 5.54 Å². The van der Waals surface area contributed by atoms with E-state index in [0.717, 1.165) is 59.7 Å². The van der Waals surface area contributed by atoms with Crippen molar-refractivity contribution in [1.29, 1.82) is 0 Å². The van der Waals surface area contributed by atoms with Crippen molar-refractivity contribution < 1.29 is 14.3 Å². The minimum absolute atomic E-state index is 0.106. The molecule has 2 aromatic carbocycles. The van der Waals surface area contributed by atoms with Crippen LogP contribution in [-0.4, -0.2) is 95.5 Å². The minimum Gasteiger partial charge on any atom is -0.497 e. The fraction of sp³-hybridized carbons (Fsp3) is 0.429. The number of ether oxygens (including phenoxy) is 1. The summed E-state index contributed by atoms with van der Waals surface area (Å²) in [6, 6.07) is 15.4. The molecule has 2 saturated heterocycles. The SMILES string of the molecule is COc1ccc2[nH]c3c(c2c1)C[C@@]1(C)C(=O)N(CCN2CCN(C)CC2)C(=O)N1[C@@H]3c1ccccc1. The molecule has 188 valence electrons. The summed E-state index contributed by atoms with van der Waals surface area (Å²) in [7, 11) is 3.79. The summed E-state index contributed by atoms with van der Waals surface area (Å²) in [5.74, 6) is 0.668. The average Bonchev–Trinajstić information content (AvgIpc) is 3.34. The van der Waals surface area contributed by atoms with Gasteiger partial charge in [0.25, 0.3) is 5.91 Å². The van der Waals surface area contributed by atoms with Crippen LogP contribution >= 0.6 is 0 Å². The number of aromatic nitrogens is 1. The van der Waals surface area contributed by atoms with E-state index in [0.29, 0.717) is 19.5 Å². The molecular formula is C28H33N5O3. The molecule has 36 heavy (non-hydrogen) atoms. The third kappa shape index (κ3) is 3.50. The van der Waals surface area contributed by atoms with Gasteiger partial charge in [0.2, 0.25) is 0 Å². The molecule has 3 amide bonds. The van der Waals surface area contributed by atoms with Crippen molar-refractivity contribution in [3.05, 3.63) is 65.4 Å². The molecule has 0 saturated carbocycles. The van der Waals surface area contributed by atoms with Crippen LogP contribution < -0.4 is 4.74 Å². The lowest BCUT2D eigenvalue weighted by molar-refractivity contribution is -0.133. The zero-order valence-corrected chi connectivity index (χ0v) is 21.2. The number of methoxy groups -OCH3 is 1. The highest BCUT2D eigenvalue weighted by Gasteiger charge is 2.60. The van der Waals surface area contributed by atoms with E-state index in [-0.39, 0.29) is 18.0 Å². The number of hydrogen-bond acceptors (Lipinski definition) is 5. The Morgan fingerprint density at radius 2 is 1.78 bits per heavy atom. The van der Waals surface area contributed by atoms with Crippen LogP contribution in [0.15, 0.2) is 48.5 Å². The van der Waals surface area contributed by atoms with Crippen LogP contribution in [0.25, 0.3) is 10.9 Å². The predicted molar refractivity (Wildman–Crippen MR) is 138 cm³/mol. The van der Waals surface area contributed by atoms with Crippen LogP contribution in [0.5, 0.6) is 5.75 Å². The first-order chi connectivity index (χ1) is 17.4. The molecule has 0 bridgehead atoms. The molecule has 0 aliphatic carbocycles. The van der Waals surface area contributed by atoms with Crippen molar-refractivity contribution >= 4 is 22.8 Å². The summed E-state index contributed by atoms with van der Waals surface area (Å²) < 4.78 is 5.50. The number of nitrogens with zero attached hydrogens (tertiary/aromatic N) is 4. The van der Waals surface area contributed by atoms with Crippen molar-refractivity contribution in [2.45, 2.75) is 24.9 Å². The van der Waals surface area contributed by atoms with Crippen molar-refractivity contribution in [2.24, 2.45) is 0 Å². The number of hydrogen-bond donors (Lipinski definition) is 1. The lowest BCUT2D eigenvalue weighted by atomic mass is 9.81. The number of imide groups is 1. The first-order valence-electron chi connectivity index (χ1n) is 12.7. The Balaban J connectivity index is 1.40. The van der Waals surface area contributed by atoms with E-state index in [1.165, 1.54) is 4.90 Å². The maximum Gasteiger partial charge on any atom is 0.328 e. The van der Waals surface area contributed by atoms with Gasteiger partial charge in [-0.2, -0.15) is 0 Å². The zero-order valence-electron chi connectivity index (χ0n) is 21.2. The number of likely N-dealkylation sites (N-methyl/N-ethyl adjacent to an activating group) is 1. The van der Waals surface area contributed by atoms with Crippen molar-refractivity contribution in [1.82, 2.24) is 24.6 Å². The predicted octanol–water partition coefficient (Wildman–Crippen LogP) is 3.09. The van der Waals surface area contributed by atoms with E-state index in [4.69, 9.17) is 4.74 Å². The van der Waals surface area contributed by atoms with E-state index in [9.17, 15) is 9.59 Å². The van der Waals surface area contributed by atoms with Gasteiger partial charge in [-0.25, -0.2) is 4.79 Å². The minimum atomic E-state index is -0.953. The average molecular weight is 488 g/mol. The molecule has 0 radical (unpaired) electrons. The molecule has 3 aliphatic rings. The lowest BCUT2D eigenvalue weighted by Gasteiger charge is -2.42. The van der Waals surface area contributed by atoms with Crippen LogP contribution in [0.1, 0.15) is 29.8 Å². The molecule has 8 nitrogen and oxygen atoms in total. The number of amides is 3. The second-order valence-corrected chi connectivity index (χ2v) is 10.4. The summed E-state index contributed by atoms with van der Waals surface area (Å²) in [5, 5.41) is 1.04. The first kappa shape index (κ1) is 23.1. The molecule has 1 aromatic heterocycles. The van der Waals surface area contributed by atoms with Gasteiger partial charge in [0.05, 0.1) is 7.11 Å². The number of rotatable bonds is 5. The van der Waals surface area contributed by atoms with Gasteiger partial charge in [0, 0.05) is 62.3 Å². The Labute approximate surface area is 211 Å². The largest absolute Gasteiger partial charge is 0.497 e.